The van der Waals surface area contributed by atoms with Crippen molar-refractivity contribution >= 4 is 50.0 Å². The van der Waals surface area contributed by atoms with Gasteiger partial charge in [0.25, 0.3) is 5.91 Å². The smallest absolute Gasteiger partial charge is 0.266 e. The van der Waals surface area contributed by atoms with Gasteiger partial charge in [-0.1, -0.05) is 48.3 Å². The molecule has 29 heavy (non-hydrogen) atoms. The molecule has 3 rings (SSSR count). The lowest BCUT2D eigenvalue weighted by atomic mass is 10.2. The Morgan fingerprint density at radius 3 is 2.62 bits per heavy atom. The second-order valence-electron chi connectivity index (χ2n) is 6.17. The van der Waals surface area contributed by atoms with Crippen molar-refractivity contribution in [3.05, 3.63) is 59.4 Å². The molecular weight excluding hydrogens is 432 g/mol. The minimum atomic E-state index is -4.26. The van der Waals surface area contributed by atoms with Crippen LogP contribution < -0.4 is 9.64 Å². The fraction of sp³-hybridized carbons (Fsp3) is 0.263. The van der Waals surface area contributed by atoms with Gasteiger partial charge in [-0.2, -0.15) is 0 Å². The molecule has 0 spiro atoms. The number of nitrogens with zero attached hydrogens (tertiary/aromatic N) is 2. The summed E-state index contributed by atoms with van der Waals surface area (Å²) in [5.74, 6) is 0.625. The van der Waals surface area contributed by atoms with E-state index in [1.165, 1.54) is 11.8 Å². The Labute approximate surface area is 179 Å². The first kappa shape index (κ1) is 21.6. The van der Waals surface area contributed by atoms with Gasteiger partial charge in [-0.3, -0.25) is 9.69 Å². The van der Waals surface area contributed by atoms with Gasteiger partial charge in [0.15, 0.2) is 5.75 Å². The van der Waals surface area contributed by atoms with Crippen LogP contribution in [0.15, 0.2) is 59.4 Å². The summed E-state index contributed by atoms with van der Waals surface area (Å²) in [5.41, 5.74) is 0.805. The molecule has 2 aliphatic heterocycles. The van der Waals surface area contributed by atoms with Gasteiger partial charge in [0, 0.05) is 18.8 Å². The van der Waals surface area contributed by atoms with Crippen LogP contribution in [0.25, 0.3) is 0 Å². The Kier molecular flexibility index (Phi) is 6.78. The molecule has 0 atom stereocenters. The highest BCUT2D eigenvalue weighted by Gasteiger charge is 2.30. The number of thioether (sulfide) groups is 1. The van der Waals surface area contributed by atoms with Crippen molar-refractivity contribution in [2.45, 2.75) is 13.3 Å². The van der Waals surface area contributed by atoms with E-state index in [4.69, 9.17) is 17.0 Å². The van der Waals surface area contributed by atoms with Crippen LogP contribution in [0.5, 0.6) is 5.75 Å². The Balaban J connectivity index is 1.73. The summed E-state index contributed by atoms with van der Waals surface area (Å²) in [7, 11) is -4.26. The second kappa shape index (κ2) is 9.12. The van der Waals surface area contributed by atoms with Crippen molar-refractivity contribution in [1.82, 2.24) is 4.90 Å². The molecule has 2 heterocycles. The number of amides is 1. The molecular formula is C19H19N2O5S3-. The fourth-order valence-electron chi connectivity index (χ4n) is 2.87. The van der Waals surface area contributed by atoms with Crippen LogP contribution in [0.1, 0.15) is 13.3 Å². The number of rotatable bonds is 7. The highest BCUT2D eigenvalue weighted by molar-refractivity contribution is 8.26. The van der Waals surface area contributed by atoms with Gasteiger partial charge >= 0.3 is 0 Å². The summed E-state index contributed by atoms with van der Waals surface area (Å²) in [5, 5.41) is 0. The van der Waals surface area contributed by atoms with Crippen LogP contribution in [0, 0.1) is 0 Å². The SMILES string of the molecule is CCN1C(=O)\C(=C/C=C/C=C2\Oc3ccccc3N2CCCS(=O)(=O)[O-])SC1=S. The monoisotopic (exact) mass is 451 g/mol. The number of benzene rings is 1. The first-order valence-electron chi connectivity index (χ1n) is 8.90. The van der Waals surface area contributed by atoms with Crippen LogP contribution in [0.4, 0.5) is 5.69 Å². The zero-order valence-corrected chi connectivity index (χ0v) is 18.1. The first-order chi connectivity index (χ1) is 13.8. The van der Waals surface area contributed by atoms with E-state index in [0.717, 1.165) is 5.69 Å². The second-order valence-corrected chi connectivity index (χ2v) is 9.37. The molecule has 0 aliphatic carbocycles. The van der Waals surface area contributed by atoms with Crippen LogP contribution in [0.3, 0.4) is 0 Å². The van der Waals surface area contributed by atoms with E-state index in [1.54, 1.807) is 29.2 Å². The van der Waals surface area contributed by atoms with E-state index in [1.807, 2.05) is 36.1 Å². The Hall–Kier alpha value is -2.14. The molecule has 7 nitrogen and oxygen atoms in total. The zero-order chi connectivity index (χ0) is 21.0. The summed E-state index contributed by atoms with van der Waals surface area (Å²) in [6.45, 7) is 2.74. The minimum Gasteiger partial charge on any atom is -0.748 e. The molecule has 0 bridgehead atoms. The maximum atomic E-state index is 12.2. The number of carbonyl (C=O) groups excluding carboxylic acids is 1. The highest BCUT2D eigenvalue weighted by atomic mass is 32.2. The lowest BCUT2D eigenvalue weighted by molar-refractivity contribution is -0.122. The molecule has 2 aliphatic rings. The predicted molar refractivity (Wildman–Crippen MR) is 116 cm³/mol. The highest BCUT2D eigenvalue weighted by Crippen LogP contribution is 2.38. The van der Waals surface area contributed by atoms with Crippen LogP contribution >= 0.6 is 24.0 Å². The summed E-state index contributed by atoms with van der Waals surface area (Å²) >= 11 is 6.44. The van der Waals surface area contributed by atoms with Crippen molar-refractivity contribution in [3.8, 4) is 5.75 Å². The average molecular weight is 452 g/mol. The summed E-state index contributed by atoms with van der Waals surface area (Å²) in [4.78, 5) is 16.1. The zero-order valence-electron chi connectivity index (χ0n) is 15.6. The number of likely N-dealkylation sites (N-methyl/N-ethyl adjacent to an activating group) is 1. The maximum Gasteiger partial charge on any atom is 0.266 e. The van der Waals surface area contributed by atoms with Crippen molar-refractivity contribution in [2.24, 2.45) is 0 Å². The third kappa shape index (κ3) is 5.27. The first-order valence-corrected chi connectivity index (χ1v) is 11.7. The molecule has 1 saturated heterocycles. The van der Waals surface area contributed by atoms with E-state index in [0.29, 0.717) is 33.9 Å². The lowest BCUT2D eigenvalue weighted by Gasteiger charge is -2.18. The molecule has 1 aromatic rings. The molecule has 1 fully saturated rings. The number of allylic oxidation sites excluding steroid dienone is 4. The average Bonchev–Trinajstić information content (AvgIpc) is 3.14. The van der Waals surface area contributed by atoms with Crippen molar-refractivity contribution in [2.75, 3.05) is 23.7 Å². The van der Waals surface area contributed by atoms with Gasteiger partial charge in [0.2, 0.25) is 5.88 Å². The topological polar surface area (TPSA) is 90.0 Å². The molecule has 0 radical (unpaired) electrons. The Bertz CT molecular complexity index is 1010. The van der Waals surface area contributed by atoms with Gasteiger partial charge in [-0.05, 0) is 37.6 Å². The van der Waals surface area contributed by atoms with Crippen molar-refractivity contribution in [3.63, 3.8) is 0 Å². The van der Waals surface area contributed by atoms with Gasteiger partial charge in [-0.25, -0.2) is 8.42 Å². The third-order valence-corrected chi connectivity index (χ3v) is 6.38. The number of hydrogen-bond acceptors (Lipinski definition) is 8. The largest absolute Gasteiger partial charge is 0.748 e. The summed E-state index contributed by atoms with van der Waals surface area (Å²) in [6.07, 6.45) is 7.06. The molecule has 1 amide bonds. The van der Waals surface area contributed by atoms with E-state index in [2.05, 4.69) is 0 Å². The van der Waals surface area contributed by atoms with Gasteiger partial charge in [-0.15, -0.1) is 0 Å². The van der Waals surface area contributed by atoms with Gasteiger partial charge < -0.3 is 14.2 Å². The van der Waals surface area contributed by atoms with Gasteiger partial charge in [0.05, 0.1) is 20.7 Å². The number of hydrogen-bond donors (Lipinski definition) is 0. The molecule has 1 aromatic carbocycles. The Morgan fingerprint density at radius 2 is 1.93 bits per heavy atom. The maximum absolute atomic E-state index is 12.2. The molecule has 0 unspecified atom stereocenters. The molecule has 0 aromatic heterocycles. The molecule has 154 valence electrons. The molecule has 10 heteroatoms. The number of anilines is 1. The van der Waals surface area contributed by atoms with Crippen LogP contribution in [0.2, 0.25) is 0 Å². The molecule has 0 N–H and O–H groups in total. The fourth-order valence-corrected chi connectivity index (χ4v) is 4.69. The van der Waals surface area contributed by atoms with Crippen molar-refractivity contribution < 1.29 is 22.5 Å². The number of thiocarbonyl (C=S) groups is 1. The van der Waals surface area contributed by atoms with E-state index in [9.17, 15) is 17.8 Å². The van der Waals surface area contributed by atoms with Gasteiger partial charge in [0.1, 0.15) is 4.32 Å². The third-order valence-electron chi connectivity index (χ3n) is 4.20. The normalized spacial score (nSPS) is 19.7. The van der Waals surface area contributed by atoms with Crippen molar-refractivity contribution in [1.29, 1.82) is 0 Å². The quantitative estimate of drug-likeness (QED) is 0.355. The number of fused-ring (bicyclic) bond motifs is 1. The summed E-state index contributed by atoms with van der Waals surface area (Å²) in [6, 6.07) is 7.37. The standard InChI is InChI=1S/C19H20N2O5S3/c1-2-20-18(22)16(28-19(20)27)10-5-6-11-17-21(12-7-13-29(23,24)25)14-8-3-4-9-15(14)26-17/h3-6,8-11H,2,7,12-13H2,1H3,(H,23,24,25)/p-1/b6-5+,16-10+,17-11-. The van der Waals surface area contributed by atoms with E-state index < -0.39 is 15.9 Å². The van der Waals surface area contributed by atoms with Crippen LogP contribution in [-0.2, 0) is 14.9 Å². The molecule has 0 saturated carbocycles. The summed E-state index contributed by atoms with van der Waals surface area (Å²) < 4.78 is 39.0. The lowest BCUT2D eigenvalue weighted by Crippen LogP contribution is -2.27. The van der Waals surface area contributed by atoms with E-state index >= 15 is 0 Å². The number of ether oxygens (including phenoxy) is 1. The van der Waals surface area contributed by atoms with E-state index in [-0.39, 0.29) is 12.3 Å². The Morgan fingerprint density at radius 1 is 1.21 bits per heavy atom. The number of carbonyl (C=O) groups is 1. The van der Waals surface area contributed by atoms with Crippen LogP contribution in [-0.4, -0.2) is 46.9 Å². The number of para-hydroxylation sites is 2. The predicted octanol–water partition coefficient (Wildman–Crippen LogP) is 2.98. The minimum absolute atomic E-state index is 0.107.